The van der Waals surface area contributed by atoms with E-state index in [1.807, 2.05) is 0 Å². The standard InChI is InChI=1S/C10H14BrNOS/c11-8-2-4-14-10(8)5-7-6-12-3-1-9(7)13/h2,4,7,9,12-13H,1,3,5-6H2. The lowest BCUT2D eigenvalue weighted by atomic mass is 9.92. The summed E-state index contributed by atoms with van der Waals surface area (Å²) in [6.07, 6.45) is 1.73. The smallest absolute Gasteiger partial charge is 0.0596 e. The van der Waals surface area contributed by atoms with Gasteiger partial charge in [0.25, 0.3) is 0 Å². The van der Waals surface area contributed by atoms with Crippen LogP contribution in [0.25, 0.3) is 0 Å². The lowest BCUT2D eigenvalue weighted by Crippen LogP contribution is -2.40. The summed E-state index contributed by atoms with van der Waals surface area (Å²) in [5.74, 6) is 0.374. The molecule has 0 aliphatic carbocycles. The lowest BCUT2D eigenvalue weighted by Gasteiger charge is -2.28. The molecule has 14 heavy (non-hydrogen) atoms. The largest absolute Gasteiger partial charge is 0.393 e. The molecule has 0 aromatic carbocycles. The molecular formula is C10H14BrNOS. The Morgan fingerprint density at radius 3 is 3.14 bits per heavy atom. The molecule has 2 nitrogen and oxygen atoms in total. The molecule has 1 aromatic heterocycles. The quantitative estimate of drug-likeness (QED) is 0.866. The van der Waals surface area contributed by atoms with E-state index >= 15 is 0 Å². The Bertz CT molecular complexity index is 302. The second-order valence-electron chi connectivity index (χ2n) is 3.72. The molecule has 78 valence electrons. The van der Waals surface area contributed by atoms with E-state index in [2.05, 4.69) is 32.7 Å². The van der Waals surface area contributed by atoms with Gasteiger partial charge in [0.15, 0.2) is 0 Å². The highest BCUT2D eigenvalue weighted by molar-refractivity contribution is 9.10. The van der Waals surface area contributed by atoms with Crippen LogP contribution in [0.2, 0.25) is 0 Å². The molecule has 0 saturated carbocycles. The van der Waals surface area contributed by atoms with Crippen LogP contribution in [-0.2, 0) is 6.42 Å². The van der Waals surface area contributed by atoms with Crippen LogP contribution >= 0.6 is 27.3 Å². The van der Waals surface area contributed by atoms with Crippen molar-refractivity contribution in [2.75, 3.05) is 13.1 Å². The first-order chi connectivity index (χ1) is 6.77. The normalized spacial score (nSPS) is 27.9. The fourth-order valence-electron chi connectivity index (χ4n) is 1.83. The zero-order valence-corrected chi connectivity index (χ0v) is 10.3. The molecule has 1 aromatic rings. The van der Waals surface area contributed by atoms with E-state index in [0.717, 1.165) is 25.9 Å². The Morgan fingerprint density at radius 2 is 2.50 bits per heavy atom. The summed E-state index contributed by atoms with van der Waals surface area (Å²) >= 11 is 5.28. The maximum atomic E-state index is 9.81. The summed E-state index contributed by atoms with van der Waals surface area (Å²) in [5.41, 5.74) is 0. The first kappa shape index (κ1) is 10.6. The zero-order valence-electron chi connectivity index (χ0n) is 7.87. The van der Waals surface area contributed by atoms with Gasteiger partial charge in [-0.15, -0.1) is 11.3 Å². The predicted molar refractivity (Wildman–Crippen MR) is 62.7 cm³/mol. The Balaban J connectivity index is 1.99. The van der Waals surface area contributed by atoms with Gasteiger partial charge in [-0.2, -0.15) is 0 Å². The third-order valence-corrected chi connectivity index (χ3v) is 4.65. The second-order valence-corrected chi connectivity index (χ2v) is 5.57. The monoisotopic (exact) mass is 275 g/mol. The summed E-state index contributed by atoms with van der Waals surface area (Å²) < 4.78 is 1.18. The van der Waals surface area contributed by atoms with Gasteiger partial charge in [-0.3, -0.25) is 0 Å². The number of halogens is 1. The third kappa shape index (κ3) is 2.37. The molecule has 2 rings (SSSR count). The van der Waals surface area contributed by atoms with Crippen LogP contribution in [0.5, 0.6) is 0 Å². The minimum Gasteiger partial charge on any atom is -0.393 e. The van der Waals surface area contributed by atoms with Gasteiger partial charge in [-0.25, -0.2) is 0 Å². The Morgan fingerprint density at radius 1 is 1.64 bits per heavy atom. The van der Waals surface area contributed by atoms with Gasteiger partial charge in [-0.1, -0.05) is 0 Å². The van der Waals surface area contributed by atoms with Crippen LogP contribution in [0.3, 0.4) is 0 Å². The van der Waals surface area contributed by atoms with Gasteiger partial charge >= 0.3 is 0 Å². The van der Waals surface area contributed by atoms with Crippen LogP contribution in [-0.4, -0.2) is 24.3 Å². The van der Waals surface area contributed by atoms with Crippen molar-refractivity contribution in [3.8, 4) is 0 Å². The molecule has 2 N–H and O–H groups in total. The van der Waals surface area contributed by atoms with E-state index in [9.17, 15) is 5.11 Å². The average molecular weight is 276 g/mol. The van der Waals surface area contributed by atoms with E-state index in [1.54, 1.807) is 11.3 Å². The van der Waals surface area contributed by atoms with Crippen LogP contribution in [0.1, 0.15) is 11.3 Å². The summed E-state index contributed by atoms with van der Waals surface area (Å²) in [6.45, 7) is 1.88. The van der Waals surface area contributed by atoms with Crippen molar-refractivity contribution < 1.29 is 5.11 Å². The van der Waals surface area contributed by atoms with E-state index < -0.39 is 0 Å². The van der Waals surface area contributed by atoms with Crippen molar-refractivity contribution in [3.05, 3.63) is 20.8 Å². The van der Waals surface area contributed by atoms with Gasteiger partial charge in [0.2, 0.25) is 0 Å². The molecule has 2 unspecified atom stereocenters. The molecule has 0 radical (unpaired) electrons. The highest BCUT2D eigenvalue weighted by Gasteiger charge is 2.23. The number of thiophene rings is 1. The average Bonchev–Trinajstić information content (AvgIpc) is 2.56. The van der Waals surface area contributed by atoms with E-state index in [4.69, 9.17) is 0 Å². The van der Waals surface area contributed by atoms with Crippen LogP contribution in [0.15, 0.2) is 15.9 Å². The summed E-state index contributed by atoms with van der Waals surface area (Å²) in [6, 6.07) is 2.07. The highest BCUT2D eigenvalue weighted by atomic mass is 79.9. The van der Waals surface area contributed by atoms with Crippen LogP contribution in [0.4, 0.5) is 0 Å². The number of hydrogen-bond acceptors (Lipinski definition) is 3. The lowest BCUT2D eigenvalue weighted by molar-refractivity contribution is 0.0795. The van der Waals surface area contributed by atoms with Gasteiger partial charge < -0.3 is 10.4 Å². The molecular weight excluding hydrogens is 262 g/mol. The van der Waals surface area contributed by atoms with Gasteiger partial charge in [0.1, 0.15) is 0 Å². The number of hydrogen-bond donors (Lipinski definition) is 2. The van der Waals surface area contributed by atoms with E-state index in [-0.39, 0.29) is 6.10 Å². The van der Waals surface area contributed by atoms with Gasteiger partial charge in [0.05, 0.1) is 6.10 Å². The van der Waals surface area contributed by atoms with Crippen molar-refractivity contribution >= 4 is 27.3 Å². The number of nitrogens with one attached hydrogen (secondary N) is 1. The molecule has 1 aliphatic rings. The van der Waals surface area contributed by atoms with E-state index in [0.29, 0.717) is 5.92 Å². The molecule has 0 spiro atoms. The Kier molecular flexibility index (Phi) is 3.60. The van der Waals surface area contributed by atoms with Gasteiger partial charge in [0, 0.05) is 21.8 Å². The maximum absolute atomic E-state index is 9.81. The van der Waals surface area contributed by atoms with Crippen molar-refractivity contribution in [1.29, 1.82) is 0 Å². The number of aliphatic hydroxyl groups is 1. The molecule has 1 fully saturated rings. The van der Waals surface area contributed by atoms with Crippen LogP contribution < -0.4 is 5.32 Å². The summed E-state index contributed by atoms with van der Waals surface area (Å²) in [5, 5.41) is 15.2. The fraction of sp³-hybridized carbons (Fsp3) is 0.600. The highest BCUT2D eigenvalue weighted by Crippen LogP contribution is 2.27. The Labute approximate surface area is 96.5 Å². The Hall–Kier alpha value is 0.100. The van der Waals surface area contributed by atoms with Crippen molar-refractivity contribution in [3.63, 3.8) is 0 Å². The maximum Gasteiger partial charge on any atom is 0.0596 e. The first-order valence-corrected chi connectivity index (χ1v) is 6.55. The minimum absolute atomic E-state index is 0.134. The fourth-order valence-corrected chi connectivity index (χ4v) is 3.43. The molecule has 0 bridgehead atoms. The van der Waals surface area contributed by atoms with Crippen molar-refractivity contribution in [2.45, 2.75) is 18.9 Å². The minimum atomic E-state index is -0.134. The topological polar surface area (TPSA) is 32.3 Å². The second kappa shape index (κ2) is 4.75. The number of piperidine rings is 1. The van der Waals surface area contributed by atoms with Crippen molar-refractivity contribution in [1.82, 2.24) is 5.32 Å². The molecule has 1 aliphatic heterocycles. The molecule has 2 heterocycles. The first-order valence-electron chi connectivity index (χ1n) is 4.88. The predicted octanol–water partition coefficient (Wildman–Crippen LogP) is 2.02. The van der Waals surface area contributed by atoms with E-state index in [1.165, 1.54) is 9.35 Å². The summed E-state index contributed by atoms with van der Waals surface area (Å²) in [4.78, 5) is 1.35. The molecule has 1 saturated heterocycles. The molecule has 2 atom stereocenters. The molecule has 4 heteroatoms. The zero-order chi connectivity index (χ0) is 9.97. The SMILES string of the molecule is OC1CCNCC1Cc1sccc1Br. The third-order valence-electron chi connectivity index (χ3n) is 2.71. The molecule has 0 amide bonds. The van der Waals surface area contributed by atoms with Crippen LogP contribution in [0, 0.1) is 5.92 Å². The number of aliphatic hydroxyl groups excluding tert-OH is 1. The summed E-state index contributed by atoms with van der Waals surface area (Å²) in [7, 11) is 0. The van der Waals surface area contributed by atoms with Crippen molar-refractivity contribution in [2.24, 2.45) is 5.92 Å². The number of rotatable bonds is 2. The van der Waals surface area contributed by atoms with Gasteiger partial charge in [-0.05, 0) is 46.8 Å².